The molecule has 2 unspecified atom stereocenters. The molecule has 0 bridgehead atoms. The number of carbonyl (C=O) groups excluding carboxylic acids is 1. The van der Waals surface area contributed by atoms with Gasteiger partial charge < -0.3 is 10.6 Å². The molecule has 2 heterocycles. The molecule has 1 aliphatic rings. The van der Waals surface area contributed by atoms with Gasteiger partial charge in [0.05, 0.1) is 6.54 Å². The molecule has 2 atom stereocenters. The first-order valence-corrected chi connectivity index (χ1v) is 7.75. The van der Waals surface area contributed by atoms with Gasteiger partial charge in [0, 0.05) is 32.2 Å². The van der Waals surface area contributed by atoms with E-state index in [2.05, 4.69) is 23.3 Å². The number of hydrogen-bond donors (Lipinski definition) is 1. The van der Waals surface area contributed by atoms with Crippen LogP contribution in [0.3, 0.4) is 0 Å². The first kappa shape index (κ1) is 14.5. The Hall–Kier alpha value is -0.910. The van der Waals surface area contributed by atoms with Gasteiger partial charge in [-0.25, -0.2) is 0 Å². The van der Waals surface area contributed by atoms with Crippen LogP contribution in [-0.2, 0) is 11.3 Å². The summed E-state index contributed by atoms with van der Waals surface area (Å²) < 4.78 is 0. The van der Waals surface area contributed by atoms with Crippen LogP contribution in [0.4, 0.5) is 0 Å². The molecule has 1 aliphatic heterocycles. The maximum Gasteiger partial charge on any atom is 0.236 e. The monoisotopic (exact) mass is 281 g/mol. The van der Waals surface area contributed by atoms with E-state index in [-0.39, 0.29) is 5.91 Å². The van der Waals surface area contributed by atoms with Crippen molar-refractivity contribution in [2.24, 2.45) is 5.73 Å². The number of thiophene rings is 1. The molecule has 0 radical (unpaired) electrons. The fourth-order valence-electron chi connectivity index (χ4n) is 2.53. The van der Waals surface area contributed by atoms with Crippen LogP contribution in [0, 0.1) is 0 Å². The molecule has 0 saturated carbocycles. The predicted octanol–water partition coefficient (Wildman–Crippen LogP) is 1.52. The summed E-state index contributed by atoms with van der Waals surface area (Å²) in [4.78, 5) is 16.3. The Morgan fingerprint density at radius 1 is 1.63 bits per heavy atom. The Morgan fingerprint density at radius 2 is 2.42 bits per heavy atom. The number of likely N-dealkylation sites (tertiary alicyclic amines) is 1. The number of amides is 1. The molecule has 1 saturated heterocycles. The Labute approximate surface area is 119 Å². The van der Waals surface area contributed by atoms with E-state index in [1.54, 1.807) is 11.3 Å². The molecule has 1 amide bonds. The zero-order valence-corrected chi connectivity index (χ0v) is 12.5. The van der Waals surface area contributed by atoms with Crippen molar-refractivity contribution in [2.45, 2.75) is 38.4 Å². The number of carbonyl (C=O) groups is 1. The number of nitrogens with two attached hydrogens (primary N) is 1. The van der Waals surface area contributed by atoms with Crippen molar-refractivity contribution in [3.05, 3.63) is 22.4 Å². The maximum absolute atomic E-state index is 12.2. The van der Waals surface area contributed by atoms with Crippen LogP contribution in [0.25, 0.3) is 0 Å². The number of hydrogen-bond acceptors (Lipinski definition) is 4. The largest absolute Gasteiger partial charge is 0.340 e. The van der Waals surface area contributed by atoms with Crippen molar-refractivity contribution in [3.8, 4) is 0 Å². The third-order valence-electron chi connectivity index (χ3n) is 3.82. The minimum Gasteiger partial charge on any atom is -0.340 e. The van der Waals surface area contributed by atoms with Gasteiger partial charge >= 0.3 is 0 Å². The molecule has 2 rings (SSSR count). The summed E-state index contributed by atoms with van der Waals surface area (Å²) in [5, 5.41) is 4.13. The Balaban J connectivity index is 1.83. The molecule has 5 heteroatoms. The molecule has 0 aromatic carbocycles. The Bertz CT molecular complexity index is 407. The van der Waals surface area contributed by atoms with Gasteiger partial charge in [-0.1, -0.05) is 0 Å². The van der Waals surface area contributed by atoms with E-state index in [0.29, 0.717) is 25.2 Å². The normalized spacial score (nSPS) is 24.4. The van der Waals surface area contributed by atoms with E-state index in [1.807, 2.05) is 17.3 Å². The molecule has 1 aromatic rings. The van der Waals surface area contributed by atoms with Crippen molar-refractivity contribution < 1.29 is 4.79 Å². The van der Waals surface area contributed by atoms with Crippen molar-refractivity contribution in [1.82, 2.24) is 9.80 Å². The van der Waals surface area contributed by atoms with Crippen molar-refractivity contribution in [3.63, 3.8) is 0 Å². The van der Waals surface area contributed by atoms with Crippen molar-refractivity contribution >= 4 is 17.2 Å². The number of piperidine rings is 1. The molecule has 106 valence electrons. The van der Waals surface area contributed by atoms with Crippen LogP contribution in [0.5, 0.6) is 0 Å². The highest BCUT2D eigenvalue weighted by molar-refractivity contribution is 7.07. The van der Waals surface area contributed by atoms with Crippen molar-refractivity contribution in [1.29, 1.82) is 0 Å². The molecule has 0 aliphatic carbocycles. The molecular formula is C14H23N3OS. The van der Waals surface area contributed by atoms with E-state index in [0.717, 1.165) is 19.4 Å². The first-order chi connectivity index (χ1) is 9.06. The van der Waals surface area contributed by atoms with Gasteiger partial charge in [0.25, 0.3) is 0 Å². The summed E-state index contributed by atoms with van der Waals surface area (Å²) in [5.41, 5.74) is 7.15. The molecule has 1 fully saturated rings. The van der Waals surface area contributed by atoms with Crippen LogP contribution >= 0.6 is 11.3 Å². The molecular weight excluding hydrogens is 258 g/mol. The van der Waals surface area contributed by atoms with Gasteiger partial charge in [-0.3, -0.25) is 9.69 Å². The van der Waals surface area contributed by atoms with E-state index in [4.69, 9.17) is 5.73 Å². The zero-order chi connectivity index (χ0) is 13.8. The first-order valence-electron chi connectivity index (χ1n) is 6.81. The third-order valence-corrected chi connectivity index (χ3v) is 4.55. The minimum absolute atomic E-state index is 0.188. The summed E-state index contributed by atoms with van der Waals surface area (Å²) in [6.45, 7) is 4.30. The average molecular weight is 281 g/mol. The lowest BCUT2D eigenvalue weighted by molar-refractivity contribution is -0.132. The van der Waals surface area contributed by atoms with Crippen LogP contribution in [0.2, 0.25) is 0 Å². The maximum atomic E-state index is 12.2. The van der Waals surface area contributed by atoms with Crippen LogP contribution in [0.15, 0.2) is 16.8 Å². The van der Waals surface area contributed by atoms with E-state index < -0.39 is 0 Å². The molecule has 19 heavy (non-hydrogen) atoms. The third kappa shape index (κ3) is 4.03. The SMILES string of the molecule is CC1CC(N)CCN1CC(=O)N(C)Cc1ccsc1. The lowest BCUT2D eigenvalue weighted by atomic mass is 9.99. The molecule has 2 N–H and O–H groups in total. The highest BCUT2D eigenvalue weighted by Crippen LogP contribution is 2.16. The lowest BCUT2D eigenvalue weighted by Crippen LogP contribution is -2.49. The molecule has 0 spiro atoms. The van der Waals surface area contributed by atoms with Crippen LogP contribution in [-0.4, -0.2) is 47.9 Å². The van der Waals surface area contributed by atoms with E-state index in [1.165, 1.54) is 5.56 Å². The van der Waals surface area contributed by atoms with Gasteiger partial charge in [0.1, 0.15) is 0 Å². The smallest absolute Gasteiger partial charge is 0.236 e. The second-order valence-electron chi connectivity index (χ2n) is 5.49. The summed E-state index contributed by atoms with van der Waals surface area (Å²) in [5.74, 6) is 0.188. The van der Waals surface area contributed by atoms with Gasteiger partial charge in [-0.2, -0.15) is 11.3 Å². The summed E-state index contributed by atoms with van der Waals surface area (Å²) >= 11 is 1.67. The summed E-state index contributed by atoms with van der Waals surface area (Å²) in [6.07, 6.45) is 1.98. The minimum atomic E-state index is 0.188. The van der Waals surface area contributed by atoms with Gasteiger partial charge in [0.2, 0.25) is 5.91 Å². The summed E-state index contributed by atoms with van der Waals surface area (Å²) in [7, 11) is 1.88. The predicted molar refractivity (Wildman–Crippen MR) is 79.0 cm³/mol. The lowest BCUT2D eigenvalue weighted by Gasteiger charge is -2.36. The van der Waals surface area contributed by atoms with Gasteiger partial charge in [-0.15, -0.1) is 0 Å². The average Bonchev–Trinajstić information content (AvgIpc) is 2.85. The topological polar surface area (TPSA) is 49.6 Å². The van der Waals surface area contributed by atoms with Crippen molar-refractivity contribution in [2.75, 3.05) is 20.1 Å². The van der Waals surface area contributed by atoms with Crippen LogP contribution in [0.1, 0.15) is 25.3 Å². The highest BCUT2D eigenvalue weighted by atomic mass is 32.1. The fraction of sp³-hybridized carbons (Fsp3) is 0.643. The Kier molecular flexibility index (Phi) is 4.96. The number of nitrogens with zero attached hydrogens (tertiary/aromatic N) is 2. The Morgan fingerprint density at radius 3 is 3.05 bits per heavy atom. The molecule has 1 aromatic heterocycles. The summed E-state index contributed by atoms with van der Waals surface area (Å²) in [6, 6.07) is 2.77. The second-order valence-corrected chi connectivity index (χ2v) is 6.27. The zero-order valence-electron chi connectivity index (χ0n) is 11.7. The number of likely N-dealkylation sites (N-methyl/N-ethyl adjacent to an activating group) is 1. The standard InChI is InChI=1S/C14H23N3OS/c1-11-7-13(15)3-5-17(11)9-14(18)16(2)8-12-4-6-19-10-12/h4,6,10-11,13H,3,5,7-9,15H2,1-2H3. The van der Waals surface area contributed by atoms with Gasteiger partial charge in [0.15, 0.2) is 0 Å². The fourth-order valence-corrected chi connectivity index (χ4v) is 3.19. The quantitative estimate of drug-likeness (QED) is 0.910. The van der Waals surface area contributed by atoms with Gasteiger partial charge in [-0.05, 0) is 42.2 Å². The number of rotatable bonds is 4. The van der Waals surface area contributed by atoms with Crippen LogP contribution < -0.4 is 5.73 Å². The molecule has 4 nitrogen and oxygen atoms in total. The highest BCUT2D eigenvalue weighted by Gasteiger charge is 2.25. The van der Waals surface area contributed by atoms with E-state index >= 15 is 0 Å². The second kappa shape index (κ2) is 6.50. The van der Waals surface area contributed by atoms with E-state index in [9.17, 15) is 4.79 Å².